The molecule has 0 aliphatic heterocycles. The zero-order valence-electron chi connectivity index (χ0n) is 14.1. The van der Waals surface area contributed by atoms with E-state index < -0.39 is 5.97 Å². The summed E-state index contributed by atoms with van der Waals surface area (Å²) in [4.78, 5) is 23.9. The number of aromatic nitrogens is 4. The molecule has 0 saturated carbocycles. The molecular weight excluding hydrogens is 402 g/mol. The third-order valence-electron chi connectivity index (χ3n) is 3.83. The van der Waals surface area contributed by atoms with Crippen LogP contribution in [0.4, 0.5) is 5.82 Å². The maximum Gasteiger partial charge on any atom is 0.335 e. The number of nitrogen functional groups attached to an aromatic ring is 1. The molecule has 0 amide bonds. The van der Waals surface area contributed by atoms with Gasteiger partial charge < -0.3 is 15.6 Å². The first-order chi connectivity index (χ1) is 12.5. The number of imidazole rings is 1. The summed E-state index contributed by atoms with van der Waals surface area (Å²) in [5.41, 5.74) is 8.18. The molecule has 3 rings (SSSR count). The van der Waals surface area contributed by atoms with Crippen molar-refractivity contribution >= 4 is 38.9 Å². The van der Waals surface area contributed by atoms with Crippen LogP contribution in [0, 0.1) is 0 Å². The number of hydrogen-bond acceptors (Lipinski definition) is 6. The van der Waals surface area contributed by atoms with Crippen molar-refractivity contribution < 1.29 is 14.6 Å². The molecule has 3 N–H and O–H groups in total. The third kappa shape index (κ3) is 3.77. The van der Waals surface area contributed by atoms with Gasteiger partial charge in [-0.3, -0.25) is 4.57 Å². The molecule has 0 atom stereocenters. The van der Waals surface area contributed by atoms with E-state index in [1.807, 2.05) is 4.57 Å². The van der Waals surface area contributed by atoms with Gasteiger partial charge in [0, 0.05) is 0 Å². The molecule has 136 valence electrons. The largest absolute Gasteiger partial charge is 0.478 e. The summed E-state index contributed by atoms with van der Waals surface area (Å²) in [6.07, 6.45) is 1.91. The van der Waals surface area contributed by atoms with E-state index in [0.29, 0.717) is 29.0 Å². The fourth-order valence-corrected chi connectivity index (χ4v) is 2.89. The number of unbranched alkanes of at least 4 members (excludes halogenated alkanes) is 1. The molecule has 2 aromatic heterocycles. The van der Waals surface area contributed by atoms with Crippen molar-refractivity contribution in [3.05, 3.63) is 40.1 Å². The molecule has 9 heteroatoms. The summed E-state index contributed by atoms with van der Waals surface area (Å²) in [7, 11) is 0. The number of anilines is 1. The van der Waals surface area contributed by atoms with Gasteiger partial charge in [0.15, 0.2) is 21.7 Å². The number of hydrogen-bond donors (Lipinski definition) is 2. The lowest BCUT2D eigenvalue weighted by Gasteiger charge is -2.08. The number of carboxylic acid groups (broad SMARTS) is 1. The Kier molecular flexibility index (Phi) is 5.36. The Morgan fingerprint density at radius 3 is 2.65 bits per heavy atom. The summed E-state index contributed by atoms with van der Waals surface area (Å²) >= 11 is 3.42. The highest BCUT2D eigenvalue weighted by atomic mass is 79.9. The number of carbonyl (C=O) groups is 1. The number of rotatable bonds is 7. The van der Waals surface area contributed by atoms with Gasteiger partial charge in [-0.05, 0) is 40.0 Å². The maximum atomic E-state index is 11.0. The first-order valence-corrected chi connectivity index (χ1v) is 8.93. The molecule has 0 radical (unpaired) electrons. The van der Waals surface area contributed by atoms with Crippen LogP contribution in [-0.2, 0) is 6.54 Å². The molecular formula is C17H18BrN5O3. The second-order valence-corrected chi connectivity index (χ2v) is 6.44. The molecule has 0 unspecified atom stereocenters. The lowest BCUT2D eigenvalue weighted by atomic mass is 10.1. The van der Waals surface area contributed by atoms with E-state index in [1.165, 1.54) is 0 Å². The summed E-state index contributed by atoms with van der Waals surface area (Å²) < 4.78 is 7.95. The second-order valence-electron chi connectivity index (χ2n) is 5.73. The average molecular weight is 420 g/mol. The van der Waals surface area contributed by atoms with Crippen molar-refractivity contribution in [1.82, 2.24) is 19.5 Å². The number of fused-ring (bicyclic) bond motifs is 1. The van der Waals surface area contributed by atoms with Gasteiger partial charge in [0.1, 0.15) is 0 Å². The Labute approximate surface area is 158 Å². The molecule has 1 aromatic carbocycles. The Balaban J connectivity index is 1.93. The number of nitrogens with two attached hydrogens (primary N) is 1. The standard InChI is InChI=1S/C17H18BrN5O3/c1-2-3-8-26-17-21-13(19)12-14(22-17)23(16(18)20-12)9-10-4-6-11(7-5-10)15(24)25/h4-7H,2-3,8-9H2,1H3,(H,24,25)(H2,19,21,22). The van der Waals surface area contributed by atoms with Crippen molar-refractivity contribution in [1.29, 1.82) is 0 Å². The van der Waals surface area contributed by atoms with Crippen LogP contribution < -0.4 is 10.5 Å². The summed E-state index contributed by atoms with van der Waals surface area (Å²) in [5.74, 6) is -0.706. The van der Waals surface area contributed by atoms with Crippen LogP contribution in [0.15, 0.2) is 29.0 Å². The molecule has 3 aromatic rings. The van der Waals surface area contributed by atoms with E-state index in [-0.39, 0.29) is 17.4 Å². The van der Waals surface area contributed by atoms with E-state index >= 15 is 0 Å². The Hall–Kier alpha value is -2.68. The van der Waals surface area contributed by atoms with Gasteiger partial charge in [-0.15, -0.1) is 0 Å². The maximum absolute atomic E-state index is 11.0. The van der Waals surface area contributed by atoms with Gasteiger partial charge in [0.25, 0.3) is 0 Å². The average Bonchev–Trinajstić information content (AvgIpc) is 2.92. The van der Waals surface area contributed by atoms with E-state index in [1.54, 1.807) is 24.3 Å². The minimum atomic E-state index is -0.958. The summed E-state index contributed by atoms with van der Waals surface area (Å²) in [5, 5.41) is 9.00. The molecule has 0 spiro atoms. The van der Waals surface area contributed by atoms with E-state index in [4.69, 9.17) is 15.6 Å². The molecule has 0 aliphatic carbocycles. The van der Waals surface area contributed by atoms with Crippen molar-refractivity contribution in [2.45, 2.75) is 26.3 Å². The molecule has 0 aliphatic rings. The first-order valence-electron chi connectivity index (χ1n) is 8.14. The van der Waals surface area contributed by atoms with Crippen LogP contribution in [0.5, 0.6) is 6.01 Å². The lowest BCUT2D eigenvalue weighted by molar-refractivity contribution is 0.0697. The minimum Gasteiger partial charge on any atom is -0.478 e. The SMILES string of the molecule is CCCCOc1nc(N)c2nc(Br)n(Cc3ccc(C(=O)O)cc3)c2n1. The van der Waals surface area contributed by atoms with Crippen molar-refractivity contribution in [2.24, 2.45) is 0 Å². The predicted octanol–water partition coefficient (Wildman–Crippen LogP) is 3.10. The van der Waals surface area contributed by atoms with Gasteiger partial charge in [-0.2, -0.15) is 9.97 Å². The molecule has 8 nitrogen and oxygen atoms in total. The normalized spacial score (nSPS) is 11.0. The number of nitrogens with zero attached hydrogens (tertiary/aromatic N) is 4. The van der Waals surface area contributed by atoms with Gasteiger partial charge >= 0.3 is 12.0 Å². The van der Waals surface area contributed by atoms with Gasteiger partial charge in [0.2, 0.25) is 0 Å². The number of carboxylic acids is 1. The molecule has 0 bridgehead atoms. The van der Waals surface area contributed by atoms with E-state index in [2.05, 4.69) is 37.8 Å². The molecule has 0 fully saturated rings. The van der Waals surface area contributed by atoms with Crippen LogP contribution >= 0.6 is 15.9 Å². The van der Waals surface area contributed by atoms with Crippen molar-refractivity contribution in [2.75, 3.05) is 12.3 Å². The molecule has 0 saturated heterocycles. The highest BCUT2D eigenvalue weighted by Crippen LogP contribution is 2.25. The van der Waals surface area contributed by atoms with Crippen molar-refractivity contribution in [3.8, 4) is 6.01 Å². The number of ether oxygens (including phenoxy) is 1. The summed E-state index contributed by atoms with van der Waals surface area (Å²) in [6.45, 7) is 3.04. The molecule has 2 heterocycles. The van der Waals surface area contributed by atoms with Crippen LogP contribution in [0.2, 0.25) is 0 Å². The lowest BCUT2D eigenvalue weighted by Crippen LogP contribution is -2.06. The minimum absolute atomic E-state index is 0.221. The quantitative estimate of drug-likeness (QED) is 0.446. The van der Waals surface area contributed by atoms with E-state index in [9.17, 15) is 4.79 Å². The Morgan fingerprint density at radius 1 is 1.27 bits per heavy atom. The van der Waals surface area contributed by atoms with Crippen LogP contribution in [0.25, 0.3) is 11.2 Å². The van der Waals surface area contributed by atoms with Gasteiger partial charge in [0.05, 0.1) is 18.7 Å². The number of halogens is 1. The fraction of sp³-hybridized carbons (Fsp3) is 0.294. The monoisotopic (exact) mass is 419 g/mol. The Bertz CT molecular complexity index is 940. The Morgan fingerprint density at radius 2 is 2.00 bits per heavy atom. The molecule has 26 heavy (non-hydrogen) atoms. The highest BCUT2D eigenvalue weighted by molar-refractivity contribution is 9.10. The fourth-order valence-electron chi connectivity index (χ4n) is 2.42. The van der Waals surface area contributed by atoms with Crippen molar-refractivity contribution in [3.63, 3.8) is 0 Å². The van der Waals surface area contributed by atoms with Gasteiger partial charge in [-0.1, -0.05) is 25.5 Å². The smallest absolute Gasteiger partial charge is 0.335 e. The summed E-state index contributed by atoms with van der Waals surface area (Å²) in [6, 6.07) is 6.86. The topological polar surface area (TPSA) is 116 Å². The predicted molar refractivity (Wildman–Crippen MR) is 100 cm³/mol. The highest BCUT2D eigenvalue weighted by Gasteiger charge is 2.16. The second kappa shape index (κ2) is 7.69. The van der Waals surface area contributed by atoms with Crippen LogP contribution in [0.3, 0.4) is 0 Å². The van der Waals surface area contributed by atoms with Crippen LogP contribution in [-0.4, -0.2) is 37.2 Å². The van der Waals surface area contributed by atoms with Crippen LogP contribution in [0.1, 0.15) is 35.7 Å². The van der Waals surface area contributed by atoms with Gasteiger partial charge in [-0.25, -0.2) is 9.78 Å². The zero-order chi connectivity index (χ0) is 18.7. The number of benzene rings is 1. The third-order valence-corrected chi connectivity index (χ3v) is 4.43. The zero-order valence-corrected chi connectivity index (χ0v) is 15.7. The number of aromatic carboxylic acids is 1. The first kappa shape index (κ1) is 18.1. The van der Waals surface area contributed by atoms with E-state index in [0.717, 1.165) is 18.4 Å².